The van der Waals surface area contributed by atoms with Gasteiger partial charge < -0.3 is 28.9 Å². The Bertz CT molecular complexity index is 2600. The van der Waals surface area contributed by atoms with Crippen LogP contribution in [0.25, 0.3) is 44.7 Å². The molecule has 0 aliphatic heterocycles. The first kappa shape index (κ1) is 59.7. The van der Waals surface area contributed by atoms with Crippen LogP contribution in [-0.4, -0.2) is 56.1 Å². The second-order valence-corrected chi connectivity index (χ2v) is 14.6. The van der Waals surface area contributed by atoms with E-state index in [2.05, 4.69) is 73.0 Å². The summed E-state index contributed by atoms with van der Waals surface area (Å²) in [5, 5.41) is 19.1. The molecule has 0 bridgehead atoms. The minimum Gasteiger partial charge on any atom is -0.393 e. The van der Waals surface area contributed by atoms with Crippen molar-refractivity contribution in [2.24, 2.45) is 14.1 Å². The maximum Gasteiger partial charge on any atom is 0.0583 e. The number of aliphatic hydroxyl groups excluding tert-OH is 2. The van der Waals surface area contributed by atoms with E-state index in [9.17, 15) is 8.78 Å². The van der Waals surface area contributed by atoms with Crippen LogP contribution >= 0.6 is 11.3 Å². The number of rotatable bonds is 8. The Morgan fingerprint density at radius 2 is 1.18 bits per heavy atom. The average molecular weight is 1530 g/mol. The van der Waals surface area contributed by atoms with E-state index >= 15 is 0 Å². The van der Waals surface area contributed by atoms with Gasteiger partial charge in [0.25, 0.3) is 0 Å². The first-order chi connectivity index (χ1) is 30.1. The molecule has 66 heavy (non-hydrogen) atoms. The molecule has 2 unspecified atom stereocenters. The average Bonchev–Trinajstić information content (AvgIpc) is 4.13. The fourth-order valence-electron chi connectivity index (χ4n) is 5.74. The molecule has 0 saturated heterocycles. The number of aliphatic hydroxyl groups is 2. The van der Waals surface area contributed by atoms with Crippen molar-refractivity contribution in [3.63, 3.8) is 0 Å². The Morgan fingerprint density at radius 1 is 0.621 bits per heavy atom. The second kappa shape index (κ2) is 32.4. The third kappa shape index (κ3) is 19.9. The van der Waals surface area contributed by atoms with Gasteiger partial charge in [-0.3, -0.25) is 23.7 Å². The fourth-order valence-corrected chi connectivity index (χ4v) is 6.39. The number of benzene rings is 4. The number of hydrogen-bond acceptors (Lipinski definition) is 7. The number of hydrogen-bond donors (Lipinski definition) is 2. The summed E-state index contributed by atoms with van der Waals surface area (Å²) < 4.78 is 31.6. The first-order valence-electron chi connectivity index (χ1n) is 19.6. The monoisotopic (exact) mass is 1530 g/mol. The zero-order chi connectivity index (χ0) is 44.1. The summed E-state index contributed by atoms with van der Waals surface area (Å²) >= 11 is 1.66. The van der Waals surface area contributed by atoms with Gasteiger partial charge in [0.05, 0.1) is 29.7 Å². The number of aromatic nitrogens is 7. The summed E-state index contributed by atoms with van der Waals surface area (Å²) in [4.78, 5) is 17.9. The topological polar surface area (TPSA) is 107 Å². The van der Waals surface area contributed by atoms with Crippen molar-refractivity contribution in [3.8, 4) is 44.7 Å². The molecule has 9 rings (SSSR count). The Hall–Kier alpha value is -4.29. The molecule has 354 valence electrons. The van der Waals surface area contributed by atoms with Crippen molar-refractivity contribution in [2.75, 3.05) is 0 Å². The summed E-state index contributed by atoms with van der Waals surface area (Å²) in [6.07, 6.45) is 12.3. The first-order valence-corrected chi connectivity index (χ1v) is 20.5. The van der Waals surface area contributed by atoms with Crippen LogP contribution in [0.5, 0.6) is 0 Å². The van der Waals surface area contributed by atoms with Crippen LogP contribution in [0, 0.1) is 35.9 Å². The molecule has 0 aliphatic carbocycles. The van der Waals surface area contributed by atoms with Gasteiger partial charge in [-0.25, -0.2) is 11.3 Å². The molecule has 2 atom stereocenters. The van der Waals surface area contributed by atoms with Crippen LogP contribution in [0.3, 0.4) is 0 Å². The smallest absolute Gasteiger partial charge is 0.0583 e. The van der Waals surface area contributed by atoms with Gasteiger partial charge in [-0.15, -0.1) is 89.3 Å². The van der Waals surface area contributed by atoms with E-state index < -0.39 is 11.6 Å². The molecule has 16 heteroatoms. The Labute approximate surface area is 443 Å². The van der Waals surface area contributed by atoms with Crippen molar-refractivity contribution in [2.45, 2.75) is 39.0 Å². The minimum atomic E-state index is -0.653. The number of pyridine rings is 1. The van der Waals surface area contributed by atoms with E-state index in [1.165, 1.54) is 5.56 Å². The summed E-state index contributed by atoms with van der Waals surface area (Å²) in [7, 11) is 3.71. The van der Waals surface area contributed by atoms with Crippen molar-refractivity contribution >= 4 is 11.3 Å². The maximum absolute atomic E-state index is 13.3. The normalized spacial score (nSPS) is 10.5. The van der Waals surface area contributed by atoms with Crippen molar-refractivity contribution in [3.05, 3.63) is 205 Å². The molecule has 9 aromatic rings. The van der Waals surface area contributed by atoms with Crippen LogP contribution in [0.1, 0.15) is 25.8 Å². The van der Waals surface area contributed by atoms with Crippen LogP contribution in [0.4, 0.5) is 8.78 Å². The van der Waals surface area contributed by atoms with E-state index in [1.54, 1.807) is 61.6 Å². The molecule has 0 saturated carbocycles. The van der Waals surface area contributed by atoms with Gasteiger partial charge in [-0.2, -0.15) is 12.1 Å². The van der Waals surface area contributed by atoms with Gasteiger partial charge in [0.15, 0.2) is 0 Å². The van der Waals surface area contributed by atoms with Gasteiger partial charge >= 0.3 is 0 Å². The summed E-state index contributed by atoms with van der Waals surface area (Å²) in [6, 6.07) is 47.8. The van der Waals surface area contributed by atoms with Crippen molar-refractivity contribution in [1.82, 2.24) is 33.6 Å². The van der Waals surface area contributed by atoms with E-state index in [4.69, 9.17) is 10.2 Å². The van der Waals surface area contributed by atoms with Gasteiger partial charge in [-0.1, -0.05) is 59.0 Å². The van der Waals surface area contributed by atoms with Gasteiger partial charge in [-0.05, 0) is 37.6 Å². The third-order valence-electron chi connectivity index (χ3n) is 8.58. The Morgan fingerprint density at radius 3 is 1.67 bits per heavy atom. The molecular weight excluding hydrogens is 1480 g/mol. The molecule has 5 aromatic heterocycles. The standard InChI is InChI=1S/C16H13N2.C10H7F2N2.C10H9N2.C9H6NS.C5H12O2.3Ir.Rh/c1-3-7-14(8-4-1)13-18-12-11-17-16(18)15-9-5-2-6-10-15;1-14-5-4-13-10(14)8-3-2-7(11)6-9(8)12;1-12-8-7-11-10(12)9-5-3-2-4-6-9;1-2-6-10-8(4-1)9-5-3-7-11-9;1-4(6)3-5(2)7;;;;/h1-9,11-12H,13H2;2,4-6H,1H3;2-5,7-8H,1H3;1-4,6-7H;4-7H,3H2,1-2H3;;;;/q4*-1;;;;;. The van der Waals surface area contributed by atoms with Crippen LogP contribution in [0.15, 0.2) is 164 Å². The van der Waals surface area contributed by atoms with Crippen LogP contribution in [-0.2, 0) is 100 Å². The molecular formula is C50H47F2Ir3N7O2RhS-4. The molecule has 4 aromatic carbocycles. The van der Waals surface area contributed by atoms with Gasteiger partial charge in [0.2, 0.25) is 0 Å². The van der Waals surface area contributed by atoms with Crippen LogP contribution in [0.2, 0.25) is 0 Å². The Kier molecular flexibility index (Phi) is 29.3. The molecule has 4 radical (unpaired) electrons. The summed E-state index contributed by atoms with van der Waals surface area (Å²) in [5.41, 5.74) is 4.51. The molecule has 2 N–H and O–H groups in total. The van der Waals surface area contributed by atoms with E-state index in [1.807, 2.05) is 114 Å². The summed E-state index contributed by atoms with van der Waals surface area (Å²) in [5.74, 6) is 1.05. The third-order valence-corrected chi connectivity index (χ3v) is 9.42. The zero-order valence-corrected chi connectivity index (χ0v) is 45.8. The minimum absolute atomic E-state index is 0. The number of thiophene rings is 1. The number of aryl methyl sites for hydroxylation is 2. The molecule has 0 spiro atoms. The maximum atomic E-state index is 13.3. The number of halogens is 2. The van der Waals surface area contributed by atoms with Crippen molar-refractivity contribution < 1.29 is 98.8 Å². The molecule has 0 aliphatic rings. The quantitative estimate of drug-likeness (QED) is 0.116. The fraction of sp³-hybridized carbons (Fsp3) is 0.160. The molecule has 0 amide bonds. The predicted octanol–water partition coefficient (Wildman–Crippen LogP) is 10.2. The van der Waals surface area contributed by atoms with Crippen molar-refractivity contribution in [1.29, 1.82) is 0 Å². The van der Waals surface area contributed by atoms with E-state index in [0.717, 1.165) is 52.0 Å². The van der Waals surface area contributed by atoms with E-state index in [0.29, 0.717) is 12.2 Å². The predicted molar refractivity (Wildman–Crippen MR) is 241 cm³/mol. The molecule has 9 nitrogen and oxygen atoms in total. The van der Waals surface area contributed by atoms with Crippen LogP contribution < -0.4 is 0 Å². The zero-order valence-electron chi connectivity index (χ0n) is 36.2. The summed E-state index contributed by atoms with van der Waals surface area (Å²) in [6.45, 7) is 4.15. The largest absolute Gasteiger partial charge is 0.393 e. The second-order valence-electron chi connectivity index (χ2n) is 13.7. The SMILES string of the molecule is CC(O)CC(C)O.Cn1ccnc1-c1[c-]cc(F)cc1F.Cn1ccnc1-c1[c-]cccc1.[Ir].[Ir].[Ir].[Rh].[c-]1ccccc1-c1nccn1Cc1ccccc1.[c-]1ccsc1-c1ccccn1. The number of nitrogens with zero attached hydrogens (tertiary/aromatic N) is 7. The van der Waals surface area contributed by atoms with Gasteiger partial charge in [0.1, 0.15) is 0 Å². The van der Waals surface area contributed by atoms with E-state index in [-0.39, 0.29) is 97.6 Å². The molecule has 5 heterocycles. The number of imidazole rings is 3. The van der Waals surface area contributed by atoms with Gasteiger partial charge in [0, 0.05) is 155 Å². The molecule has 0 fully saturated rings. The Balaban J connectivity index is 0.000000418.